The van der Waals surface area contributed by atoms with Gasteiger partial charge in [-0.15, -0.1) is 23.5 Å². The van der Waals surface area contributed by atoms with Gasteiger partial charge in [0, 0.05) is 46.0 Å². The topological polar surface area (TPSA) is 40.6 Å². The molecule has 1 aliphatic rings. The zero-order chi connectivity index (χ0) is 21.7. The van der Waals surface area contributed by atoms with E-state index in [9.17, 15) is 9.59 Å². The second kappa shape index (κ2) is 10.8. The van der Waals surface area contributed by atoms with E-state index in [-0.39, 0.29) is 22.3 Å². The van der Waals surface area contributed by atoms with Crippen LogP contribution < -0.4 is 0 Å². The number of carbonyl (C=O) groups excluding carboxylic acids is 2. The largest absolute Gasteiger partial charge is 0.338 e. The first kappa shape index (κ1) is 23.3. The lowest BCUT2D eigenvalue weighted by Crippen LogP contribution is -2.53. The van der Waals surface area contributed by atoms with E-state index in [1.165, 1.54) is 23.5 Å². The molecule has 0 unspecified atom stereocenters. The number of halogens is 2. The molecule has 0 aliphatic carbocycles. The highest BCUT2D eigenvalue weighted by molar-refractivity contribution is 8.00. The highest BCUT2D eigenvalue weighted by atomic mass is 35.5. The number of amides is 2. The van der Waals surface area contributed by atoms with Crippen LogP contribution in [0, 0.1) is 0 Å². The summed E-state index contributed by atoms with van der Waals surface area (Å²) in [5, 5.41) is 0.991. The second-order valence-electron chi connectivity index (χ2n) is 7.08. The van der Waals surface area contributed by atoms with Crippen molar-refractivity contribution in [3.63, 3.8) is 0 Å². The minimum Gasteiger partial charge on any atom is -0.338 e. The maximum absolute atomic E-state index is 12.8. The third-order valence-corrected chi connectivity index (χ3v) is 7.55. The number of hydrogen-bond acceptors (Lipinski definition) is 4. The normalized spacial score (nSPS) is 16.3. The van der Waals surface area contributed by atoms with Crippen LogP contribution in [-0.2, 0) is 9.59 Å². The molecule has 160 valence electrons. The average Bonchev–Trinajstić information content (AvgIpc) is 2.76. The van der Waals surface area contributed by atoms with Gasteiger partial charge in [0.05, 0.1) is 10.5 Å². The number of hydrogen-bond donors (Lipinski definition) is 0. The van der Waals surface area contributed by atoms with Crippen LogP contribution in [0.25, 0.3) is 0 Å². The monoisotopic (exact) mass is 482 g/mol. The van der Waals surface area contributed by atoms with Crippen LogP contribution in [0.1, 0.15) is 13.8 Å². The summed E-state index contributed by atoms with van der Waals surface area (Å²) in [6.45, 7) is 6.10. The zero-order valence-electron chi connectivity index (χ0n) is 16.9. The Balaban J connectivity index is 1.48. The van der Waals surface area contributed by atoms with Crippen molar-refractivity contribution < 1.29 is 9.59 Å². The van der Waals surface area contributed by atoms with Gasteiger partial charge in [-0.2, -0.15) is 0 Å². The van der Waals surface area contributed by atoms with Gasteiger partial charge in [-0.1, -0.05) is 23.2 Å². The molecule has 30 heavy (non-hydrogen) atoms. The first-order valence-corrected chi connectivity index (χ1v) is 12.3. The molecule has 1 fully saturated rings. The van der Waals surface area contributed by atoms with Crippen molar-refractivity contribution in [3.8, 4) is 0 Å². The number of carbonyl (C=O) groups is 2. The molecule has 1 saturated heterocycles. The Kier molecular flexibility index (Phi) is 8.40. The minimum atomic E-state index is -0.187. The molecule has 4 nitrogen and oxygen atoms in total. The molecule has 0 N–H and O–H groups in total. The van der Waals surface area contributed by atoms with Crippen molar-refractivity contribution >= 4 is 58.5 Å². The van der Waals surface area contributed by atoms with Gasteiger partial charge in [-0.05, 0) is 62.4 Å². The van der Waals surface area contributed by atoms with Crippen molar-refractivity contribution in [2.45, 2.75) is 34.1 Å². The van der Waals surface area contributed by atoms with Gasteiger partial charge in [0.25, 0.3) is 0 Å². The molecule has 2 atom stereocenters. The van der Waals surface area contributed by atoms with Crippen molar-refractivity contribution in [2.24, 2.45) is 0 Å². The van der Waals surface area contributed by atoms with Gasteiger partial charge in [-0.25, -0.2) is 0 Å². The third kappa shape index (κ3) is 6.33. The fourth-order valence-corrected chi connectivity index (χ4v) is 5.35. The predicted octanol–water partition coefficient (Wildman–Crippen LogP) is 5.33. The summed E-state index contributed by atoms with van der Waals surface area (Å²) in [6, 6.07) is 15.0. The number of rotatable bonds is 6. The van der Waals surface area contributed by atoms with Crippen molar-refractivity contribution in [3.05, 3.63) is 58.6 Å². The Morgan fingerprint density at radius 2 is 1.00 bits per heavy atom. The molecule has 0 aromatic heterocycles. The van der Waals surface area contributed by atoms with Crippen LogP contribution in [0.15, 0.2) is 58.3 Å². The lowest BCUT2D eigenvalue weighted by atomic mass is 10.2. The SMILES string of the molecule is C[C@H](Sc1ccc(Cl)cc1)C(=O)N1CCN(C(=O)[C@H](C)Sc2ccc(Cl)cc2)CC1. The van der Waals surface area contributed by atoms with Crippen LogP contribution in [0.4, 0.5) is 0 Å². The van der Waals surface area contributed by atoms with E-state index in [1.54, 1.807) is 0 Å². The highest BCUT2D eigenvalue weighted by Crippen LogP contribution is 2.28. The highest BCUT2D eigenvalue weighted by Gasteiger charge is 2.29. The minimum absolute atomic E-state index is 0.102. The van der Waals surface area contributed by atoms with Gasteiger partial charge in [0.2, 0.25) is 11.8 Å². The van der Waals surface area contributed by atoms with Gasteiger partial charge in [-0.3, -0.25) is 9.59 Å². The van der Waals surface area contributed by atoms with Gasteiger partial charge >= 0.3 is 0 Å². The van der Waals surface area contributed by atoms with E-state index in [4.69, 9.17) is 23.2 Å². The maximum Gasteiger partial charge on any atom is 0.235 e. The van der Waals surface area contributed by atoms with E-state index in [1.807, 2.05) is 72.2 Å². The molecule has 1 aliphatic heterocycles. The van der Waals surface area contributed by atoms with E-state index in [0.29, 0.717) is 36.2 Å². The smallest absolute Gasteiger partial charge is 0.235 e. The fourth-order valence-electron chi connectivity index (χ4n) is 3.20. The van der Waals surface area contributed by atoms with E-state index >= 15 is 0 Å². The van der Waals surface area contributed by atoms with Gasteiger partial charge in [0.15, 0.2) is 0 Å². The molecule has 1 heterocycles. The third-order valence-electron chi connectivity index (χ3n) is 4.85. The van der Waals surface area contributed by atoms with Crippen LogP contribution >= 0.6 is 46.7 Å². The first-order valence-electron chi connectivity index (χ1n) is 9.75. The summed E-state index contributed by atoms with van der Waals surface area (Å²) in [7, 11) is 0. The second-order valence-corrected chi connectivity index (χ2v) is 10.8. The molecule has 0 spiro atoms. The molecule has 2 amide bonds. The Hall–Kier alpha value is -1.34. The van der Waals surface area contributed by atoms with Gasteiger partial charge in [0.1, 0.15) is 0 Å². The summed E-state index contributed by atoms with van der Waals surface area (Å²) < 4.78 is 0. The van der Waals surface area contributed by atoms with Crippen molar-refractivity contribution in [2.75, 3.05) is 26.2 Å². The summed E-state index contributed by atoms with van der Waals surface area (Å²) in [5.41, 5.74) is 0. The van der Waals surface area contributed by atoms with Gasteiger partial charge < -0.3 is 9.80 Å². The summed E-state index contributed by atoms with van der Waals surface area (Å²) in [6.07, 6.45) is 0. The number of thioether (sulfide) groups is 2. The zero-order valence-corrected chi connectivity index (χ0v) is 20.0. The lowest BCUT2D eigenvalue weighted by Gasteiger charge is -2.36. The van der Waals surface area contributed by atoms with E-state index < -0.39 is 0 Å². The summed E-state index contributed by atoms with van der Waals surface area (Å²) >= 11 is 14.9. The molecule has 8 heteroatoms. The first-order chi connectivity index (χ1) is 14.3. The standard InChI is InChI=1S/C22H24Cl2N2O2S2/c1-15(29-19-7-3-17(23)4-8-19)21(27)25-11-13-26(14-12-25)22(28)16(2)30-20-9-5-18(24)6-10-20/h3-10,15-16H,11-14H2,1-2H3/t15-,16-/m0/s1. The molecule has 0 saturated carbocycles. The molecule has 2 aromatic carbocycles. The van der Waals surface area contributed by atoms with Crippen molar-refractivity contribution in [1.82, 2.24) is 9.80 Å². The predicted molar refractivity (Wildman–Crippen MR) is 127 cm³/mol. The van der Waals surface area contributed by atoms with Crippen LogP contribution in [0.2, 0.25) is 10.0 Å². The molecule has 3 rings (SSSR count). The number of nitrogens with zero attached hydrogens (tertiary/aromatic N) is 2. The van der Waals surface area contributed by atoms with E-state index in [0.717, 1.165) is 9.79 Å². The Morgan fingerprint density at radius 3 is 1.30 bits per heavy atom. The lowest BCUT2D eigenvalue weighted by molar-refractivity contribution is -0.138. The molecule has 2 aromatic rings. The van der Waals surface area contributed by atoms with Crippen molar-refractivity contribution in [1.29, 1.82) is 0 Å². The van der Waals surface area contributed by atoms with E-state index in [2.05, 4.69) is 0 Å². The maximum atomic E-state index is 12.8. The Bertz CT molecular complexity index is 796. The Morgan fingerprint density at radius 1 is 0.700 bits per heavy atom. The van der Waals surface area contributed by atoms with Crippen LogP contribution in [0.3, 0.4) is 0 Å². The molecular weight excluding hydrogens is 459 g/mol. The fraction of sp³-hybridized carbons (Fsp3) is 0.364. The molecule has 0 radical (unpaired) electrons. The summed E-state index contributed by atoms with van der Waals surface area (Å²) in [4.78, 5) is 31.4. The van der Waals surface area contributed by atoms with Crippen LogP contribution in [0.5, 0.6) is 0 Å². The number of piperazine rings is 1. The quantitative estimate of drug-likeness (QED) is 0.521. The molecule has 0 bridgehead atoms. The average molecular weight is 483 g/mol. The van der Waals surface area contributed by atoms with Crippen LogP contribution in [-0.4, -0.2) is 58.3 Å². The number of benzene rings is 2. The molecular formula is C22H24Cl2N2O2S2. The summed E-state index contributed by atoms with van der Waals surface area (Å²) in [5.74, 6) is 0.205. The Labute approximate surface area is 196 Å².